The van der Waals surface area contributed by atoms with Gasteiger partial charge in [-0.1, -0.05) is 26.8 Å². The van der Waals surface area contributed by atoms with Crippen molar-refractivity contribution < 1.29 is 9.59 Å². The molecule has 2 atom stereocenters. The number of fused-ring (bicyclic) bond motifs is 1. The maximum Gasteiger partial charge on any atom is 0.257 e. The van der Waals surface area contributed by atoms with E-state index in [0.717, 1.165) is 0 Å². The molecule has 0 bridgehead atoms. The van der Waals surface area contributed by atoms with Gasteiger partial charge < -0.3 is 11.1 Å². The second-order valence-electron chi connectivity index (χ2n) is 6.69. The minimum Gasteiger partial charge on any atom is -0.368 e. The summed E-state index contributed by atoms with van der Waals surface area (Å²) in [4.78, 5) is 29.1. The van der Waals surface area contributed by atoms with E-state index >= 15 is 0 Å². The van der Waals surface area contributed by atoms with Crippen molar-refractivity contribution in [3.63, 3.8) is 0 Å². The molecule has 0 saturated carbocycles. The number of carbonyl (C=O) groups is 2. The van der Waals surface area contributed by atoms with E-state index < -0.39 is 22.1 Å². The smallest absolute Gasteiger partial charge is 0.257 e. The van der Waals surface area contributed by atoms with E-state index in [-0.39, 0.29) is 5.91 Å². The highest BCUT2D eigenvalue weighted by molar-refractivity contribution is 8.04. The van der Waals surface area contributed by atoms with Gasteiger partial charge in [-0.15, -0.1) is 11.8 Å². The minimum absolute atomic E-state index is 0.337. The van der Waals surface area contributed by atoms with Crippen LogP contribution in [-0.2, 0) is 4.79 Å². The molecule has 0 aromatic carbocycles. The van der Waals surface area contributed by atoms with E-state index in [1.165, 1.54) is 22.5 Å². The summed E-state index contributed by atoms with van der Waals surface area (Å²) >= 11 is 1.35. The van der Waals surface area contributed by atoms with E-state index in [0.29, 0.717) is 11.2 Å². The maximum absolute atomic E-state index is 12.7. The number of nitrogens with one attached hydrogen (secondary N) is 1. The van der Waals surface area contributed by atoms with Crippen molar-refractivity contribution in [3.8, 4) is 0 Å². The molecule has 7 nitrogen and oxygen atoms in total. The van der Waals surface area contributed by atoms with Gasteiger partial charge in [-0.05, 0) is 16.9 Å². The molecule has 3 N–H and O–H groups in total. The number of carbonyl (C=O) groups excluding carboxylic acids is 2. The van der Waals surface area contributed by atoms with E-state index in [1.807, 2.05) is 26.2 Å². The summed E-state index contributed by atoms with van der Waals surface area (Å²) in [6, 6.07) is 1.22. The predicted molar refractivity (Wildman–Crippen MR) is 92.4 cm³/mol. The lowest BCUT2D eigenvalue weighted by molar-refractivity contribution is -0.123. The first kappa shape index (κ1) is 16.5. The Balaban J connectivity index is 1.93. The first-order chi connectivity index (χ1) is 11.3. The molecule has 8 heteroatoms. The Morgan fingerprint density at radius 2 is 2.17 bits per heavy atom. The van der Waals surface area contributed by atoms with Gasteiger partial charge in [0.1, 0.15) is 10.3 Å². The van der Waals surface area contributed by atoms with Gasteiger partial charge in [0.25, 0.3) is 5.91 Å². The molecule has 0 spiro atoms. The molecule has 0 fully saturated rings. The van der Waals surface area contributed by atoms with Crippen LogP contribution in [0.4, 0.5) is 0 Å². The summed E-state index contributed by atoms with van der Waals surface area (Å²) < 4.78 is 0.582. The van der Waals surface area contributed by atoms with Gasteiger partial charge in [0.05, 0.1) is 12.2 Å². The molecule has 2 aromatic heterocycles. The molecule has 0 saturated heterocycles. The highest BCUT2D eigenvalue weighted by Crippen LogP contribution is 2.49. The van der Waals surface area contributed by atoms with E-state index in [2.05, 4.69) is 15.4 Å². The third-order valence-corrected chi connectivity index (χ3v) is 5.99. The first-order valence-corrected chi connectivity index (χ1v) is 8.39. The molecule has 2 unspecified atom stereocenters. The highest BCUT2D eigenvalue weighted by atomic mass is 32.2. The van der Waals surface area contributed by atoms with Crippen molar-refractivity contribution >= 4 is 29.2 Å². The number of primary amides is 1. The molecule has 1 aliphatic heterocycles. The summed E-state index contributed by atoms with van der Waals surface area (Å²) in [7, 11) is 0. The van der Waals surface area contributed by atoms with Gasteiger partial charge in [-0.25, -0.2) is 9.50 Å². The van der Waals surface area contributed by atoms with E-state index in [4.69, 9.17) is 5.73 Å². The van der Waals surface area contributed by atoms with Crippen LogP contribution in [0.25, 0.3) is 5.65 Å². The first-order valence-electron chi connectivity index (χ1n) is 7.51. The topological polar surface area (TPSA) is 102 Å². The second-order valence-corrected chi connectivity index (χ2v) is 7.85. The van der Waals surface area contributed by atoms with Crippen LogP contribution in [0.2, 0.25) is 0 Å². The van der Waals surface area contributed by atoms with Crippen LogP contribution in [-0.4, -0.2) is 37.2 Å². The molecule has 0 radical (unpaired) electrons. The second kappa shape index (κ2) is 5.62. The van der Waals surface area contributed by atoms with Crippen molar-refractivity contribution in [2.45, 2.75) is 31.6 Å². The summed E-state index contributed by atoms with van der Waals surface area (Å²) in [6.45, 7) is 5.81. The average Bonchev–Trinajstić information content (AvgIpc) is 3.10. The number of nitrogens with two attached hydrogens (primary N) is 1. The summed E-state index contributed by atoms with van der Waals surface area (Å²) in [5.74, 6) is -0.788. The Bertz CT molecular complexity index is 838. The lowest BCUT2D eigenvalue weighted by Crippen LogP contribution is -2.61. The predicted octanol–water partition coefficient (Wildman–Crippen LogP) is 1.36. The molecular weight excluding hydrogens is 326 g/mol. The Hall–Kier alpha value is -2.35. The van der Waals surface area contributed by atoms with Crippen molar-refractivity contribution in [1.82, 2.24) is 19.9 Å². The Labute approximate surface area is 143 Å². The monoisotopic (exact) mass is 345 g/mol. The number of nitrogens with zero attached hydrogens (tertiary/aromatic N) is 3. The minimum atomic E-state index is -0.945. The van der Waals surface area contributed by atoms with Crippen LogP contribution < -0.4 is 11.1 Å². The molecule has 0 aliphatic carbocycles. The zero-order chi connectivity index (χ0) is 17.5. The molecule has 3 rings (SSSR count). The zero-order valence-corrected chi connectivity index (χ0v) is 14.5. The molecule has 1 aliphatic rings. The van der Waals surface area contributed by atoms with Gasteiger partial charge in [-0.2, -0.15) is 5.10 Å². The zero-order valence-electron chi connectivity index (χ0n) is 13.7. The summed E-state index contributed by atoms with van der Waals surface area (Å²) in [5, 5.41) is 8.84. The van der Waals surface area contributed by atoms with Crippen LogP contribution in [0.3, 0.4) is 0 Å². The van der Waals surface area contributed by atoms with Gasteiger partial charge in [0.2, 0.25) is 5.91 Å². The number of amides is 2. The average molecular weight is 345 g/mol. The third-order valence-electron chi connectivity index (χ3n) is 4.25. The van der Waals surface area contributed by atoms with Crippen LogP contribution in [0, 0.1) is 5.41 Å². The molecule has 126 valence electrons. The Kier molecular flexibility index (Phi) is 3.87. The molecule has 3 heterocycles. The fourth-order valence-electron chi connectivity index (χ4n) is 3.01. The van der Waals surface area contributed by atoms with Gasteiger partial charge >= 0.3 is 0 Å². The van der Waals surface area contributed by atoms with E-state index in [1.54, 1.807) is 24.5 Å². The van der Waals surface area contributed by atoms with Crippen LogP contribution in [0.15, 0.2) is 36.1 Å². The Morgan fingerprint density at radius 1 is 1.42 bits per heavy atom. The highest BCUT2D eigenvalue weighted by Gasteiger charge is 2.55. The molecular formula is C16H19N5O2S. The normalized spacial score (nSPS) is 23.5. The fourth-order valence-corrected chi connectivity index (χ4v) is 4.22. The number of rotatable bonds is 3. The number of hydrogen-bond acceptors (Lipinski definition) is 5. The Morgan fingerprint density at radius 3 is 2.83 bits per heavy atom. The number of thioether (sulfide) groups is 1. The fraction of sp³-hybridized carbons (Fsp3) is 0.375. The van der Waals surface area contributed by atoms with Crippen LogP contribution >= 0.6 is 11.8 Å². The SMILES string of the molecule is CC(C)(C)C1(C(N)=O)SC=CC1NC(=O)c1cnn2cccnc12. The lowest BCUT2D eigenvalue weighted by atomic mass is 9.74. The van der Waals surface area contributed by atoms with Gasteiger partial charge in [0.15, 0.2) is 5.65 Å². The van der Waals surface area contributed by atoms with Crippen LogP contribution in [0.1, 0.15) is 31.1 Å². The van der Waals surface area contributed by atoms with Crippen LogP contribution in [0.5, 0.6) is 0 Å². The van der Waals surface area contributed by atoms with E-state index in [9.17, 15) is 9.59 Å². The molecule has 2 aromatic rings. The number of aromatic nitrogens is 3. The van der Waals surface area contributed by atoms with Gasteiger partial charge in [-0.3, -0.25) is 9.59 Å². The maximum atomic E-state index is 12.7. The quantitative estimate of drug-likeness (QED) is 0.874. The van der Waals surface area contributed by atoms with Gasteiger partial charge in [0, 0.05) is 12.4 Å². The molecule has 24 heavy (non-hydrogen) atoms. The largest absolute Gasteiger partial charge is 0.368 e. The lowest BCUT2D eigenvalue weighted by Gasteiger charge is -2.42. The van der Waals surface area contributed by atoms with Crippen molar-refractivity contribution in [2.24, 2.45) is 11.1 Å². The number of hydrogen-bond donors (Lipinski definition) is 2. The summed E-state index contributed by atoms with van der Waals surface area (Å²) in [6.07, 6.45) is 6.58. The summed E-state index contributed by atoms with van der Waals surface area (Å²) in [5.41, 5.74) is 6.09. The standard InChI is InChI=1S/C16H19N5O2S/c1-15(2,3)16(14(17)23)11(5-8-24-16)20-13(22)10-9-19-21-7-4-6-18-12(10)21/h4-9,11H,1-3H3,(H2,17,23)(H,20,22). The van der Waals surface area contributed by atoms with Crippen molar-refractivity contribution in [3.05, 3.63) is 41.7 Å². The van der Waals surface area contributed by atoms with Crippen molar-refractivity contribution in [1.29, 1.82) is 0 Å². The third kappa shape index (κ3) is 2.37. The molecule has 2 amide bonds. The van der Waals surface area contributed by atoms with Crippen molar-refractivity contribution in [2.75, 3.05) is 0 Å².